The third-order valence-corrected chi connectivity index (χ3v) is 2.09. The van der Waals surface area contributed by atoms with Gasteiger partial charge >= 0.3 is 0 Å². The fourth-order valence-electron chi connectivity index (χ4n) is 1.37. The Morgan fingerprint density at radius 1 is 1.08 bits per heavy atom. The van der Waals surface area contributed by atoms with Crippen molar-refractivity contribution in [2.45, 2.75) is 6.92 Å². The molecule has 0 unspecified atom stereocenters. The smallest absolute Gasteiger partial charge is 0.123 e. The second-order valence-electron chi connectivity index (χ2n) is 3.04. The van der Waals surface area contributed by atoms with Gasteiger partial charge in [-0.25, -0.2) is 4.39 Å². The van der Waals surface area contributed by atoms with Crippen LogP contribution in [0.2, 0.25) is 0 Å². The molecular weight excluding hydrogens is 165 g/mol. The van der Waals surface area contributed by atoms with Crippen molar-refractivity contribution in [2.75, 3.05) is 0 Å². The minimum absolute atomic E-state index is 0.201. The molecule has 0 fully saturated rings. The third-order valence-electron chi connectivity index (χ3n) is 2.09. The SMILES string of the molecule is Cc1cc[nH]c1-c1ccc(F)cc1. The van der Waals surface area contributed by atoms with Crippen molar-refractivity contribution in [3.05, 3.63) is 47.9 Å². The van der Waals surface area contributed by atoms with E-state index in [1.54, 1.807) is 12.1 Å². The number of aromatic nitrogens is 1. The van der Waals surface area contributed by atoms with Crippen molar-refractivity contribution in [1.29, 1.82) is 0 Å². The first kappa shape index (κ1) is 8.05. The van der Waals surface area contributed by atoms with E-state index >= 15 is 0 Å². The highest BCUT2D eigenvalue weighted by Gasteiger charge is 2.01. The number of aryl methyl sites for hydroxylation is 1. The summed E-state index contributed by atoms with van der Waals surface area (Å²) >= 11 is 0. The lowest BCUT2D eigenvalue weighted by Gasteiger charge is -1.99. The van der Waals surface area contributed by atoms with Gasteiger partial charge in [0.2, 0.25) is 0 Å². The molecule has 0 spiro atoms. The number of halogens is 1. The summed E-state index contributed by atoms with van der Waals surface area (Å²) in [6.45, 7) is 2.02. The van der Waals surface area contributed by atoms with Crippen LogP contribution in [-0.4, -0.2) is 4.98 Å². The van der Waals surface area contributed by atoms with Gasteiger partial charge in [-0.3, -0.25) is 0 Å². The Kier molecular flexibility index (Phi) is 1.89. The summed E-state index contributed by atoms with van der Waals surface area (Å²) in [7, 11) is 0. The Morgan fingerprint density at radius 3 is 2.31 bits per heavy atom. The Balaban J connectivity index is 2.47. The lowest BCUT2D eigenvalue weighted by atomic mass is 10.1. The Labute approximate surface area is 76.2 Å². The van der Waals surface area contributed by atoms with Crippen molar-refractivity contribution in [1.82, 2.24) is 4.98 Å². The molecule has 0 aliphatic heterocycles. The van der Waals surface area contributed by atoms with Crippen molar-refractivity contribution in [3.8, 4) is 11.3 Å². The highest BCUT2D eigenvalue weighted by Crippen LogP contribution is 2.20. The van der Waals surface area contributed by atoms with Crippen LogP contribution >= 0.6 is 0 Å². The maximum absolute atomic E-state index is 12.6. The van der Waals surface area contributed by atoms with Gasteiger partial charge in [-0.15, -0.1) is 0 Å². The molecule has 0 saturated carbocycles. The molecule has 66 valence electrons. The molecular formula is C11H10FN. The molecule has 0 bridgehead atoms. The molecule has 0 radical (unpaired) electrons. The largest absolute Gasteiger partial charge is 0.361 e. The summed E-state index contributed by atoms with van der Waals surface area (Å²) in [6.07, 6.45) is 1.88. The van der Waals surface area contributed by atoms with Crippen LogP contribution < -0.4 is 0 Å². The summed E-state index contributed by atoms with van der Waals surface area (Å²) in [5.74, 6) is -0.201. The van der Waals surface area contributed by atoms with Crippen molar-refractivity contribution < 1.29 is 4.39 Å². The summed E-state index contributed by atoms with van der Waals surface area (Å²) < 4.78 is 12.6. The lowest BCUT2D eigenvalue weighted by Crippen LogP contribution is -1.80. The highest BCUT2D eigenvalue weighted by atomic mass is 19.1. The normalized spacial score (nSPS) is 10.3. The van der Waals surface area contributed by atoms with E-state index in [0.717, 1.165) is 11.3 Å². The van der Waals surface area contributed by atoms with Crippen molar-refractivity contribution in [3.63, 3.8) is 0 Å². The molecule has 2 rings (SSSR count). The first-order chi connectivity index (χ1) is 6.27. The molecule has 1 aromatic heterocycles. The van der Waals surface area contributed by atoms with Gasteiger partial charge in [-0.05, 0) is 48.4 Å². The van der Waals surface area contributed by atoms with Gasteiger partial charge in [0, 0.05) is 11.9 Å². The number of nitrogens with one attached hydrogen (secondary N) is 1. The lowest BCUT2D eigenvalue weighted by molar-refractivity contribution is 0.628. The quantitative estimate of drug-likeness (QED) is 0.685. The van der Waals surface area contributed by atoms with E-state index in [4.69, 9.17) is 0 Å². The van der Waals surface area contributed by atoms with Crippen LogP contribution in [-0.2, 0) is 0 Å². The van der Waals surface area contributed by atoms with E-state index in [0.29, 0.717) is 0 Å². The predicted octanol–water partition coefficient (Wildman–Crippen LogP) is 3.13. The zero-order valence-electron chi connectivity index (χ0n) is 7.34. The van der Waals surface area contributed by atoms with Gasteiger partial charge in [0.15, 0.2) is 0 Å². The van der Waals surface area contributed by atoms with E-state index < -0.39 is 0 Å². The molecule has 1 aromatic carbocycles. The van der Waals surface area contributed by atoms with Crippen LogP contribution in [0.3, 0.4) is 0 Å². The zero-order chi connectivity index (χ0) is 9.26. The summed E-state index contributed by atoms with van der Waals surface area (Å²) in [4.78, 5) is 3.12. The molecule has 0 aliphatic carbocycles. The number of hydrogen-bond donors (Lipinski definition) is 1. The van der Waals surface area contributed by atoms with E-state index in [1.807, 2.05) is 19.2 Å². The van der Waals surface area contributed by atoms with E-state index in [2.05, 4.69) is 4.98 Å². The minimum atomic E-state index is -0.201. The first-order valence-corrected chi connectivity index (χ1v) is 4.17. The number of rotatable bonds is 1. The second-order valence-corrected chi connectivity index (χ2v) is 3.04. The van der Waals surface area contributed by atoms with Crippen LogP contribution in [0.25, 0.3) is 11.3 Å². The molecule has 0 atom stereocenters. The predicted molar refractivity (Wildman–Crippen MR) is 50.9 cm³/mol. The maximum Gasteiger partial charge on any atom is 0.123 e. The summed E-state index contributed by atoms with van der Waals surface area (Å²) in [5.41, 5.74) is 3.25. The zero-order valence-corrected chi connectivity index (χ0v) is 7.34. The Hall–Kier alpha value is -1.57. The van der Waals surface area contributed by atoms with E-state index in [1.165, 1.54) is 17.7 Å². The van der Waals surface area contributed by atoms with Crippen LogP contribution in [0, 0.1) is 12.7 Å². The summed E-state index contributed by atoms with van der Waals surface area (Å²) in [5, 5.41) is 0. The number of aromatic amines is 1. The van der Waals surface area contributed by atoms with Gasteiger partial charge in [0.25, 0.3) is 0 Å². The molecule has 0 saturated heterocycles. The molecule has 1 nitrogen and oxygen atoms in total. The van der Waals surface area contributed by atoms with Crippen molar-refractivity contribution in [2.24, 2.45) is 0 Å². The fourth-order valence-corrected chi connectivity index (χ4v) is 1.37. The average molecular weight is 175 g/mol. The van der Waals surface area contributed by atoms with E-state index in [-0.39, 0.29) is 5.82 Å². The topological polar surface area (TPSA) is 15.8 Å². The van der Waals surface area contributed by atoms with Gasteiger partial charge < -0.3 is 4.98 Å². The monoisotopic (exact) mass is 175 g/mol. The maximum atomic E-state index is 12.6. The van der Waals surface area contributed by atoms with E-state index in [9.17, 15) is 4.39 Å². The van der Waals surface area contributed by atoms with Crippen LogP contribution in [0.4, 0.5) is 4.39 Å². The molecule has 1 N–H and O–H groups in total. The second kappa shape index (κ2) is 3.05. The van der Waals surface area contributed by atoms with Gasteiger partial charge in [0.05, 0.1) is 0 Å². The van der Waals surface area contributed by atoms with Gasteiger partial charge in [0.1, 0.15) is 5.82 Å². The van der Waals surface area contributed by atoms with Gasteiger partial charge in [-0.2, -0.15) is 0 Å². The third kappa shape index (κ3) is 1.47. The van der Waals surface area contributed by atoms with Crippen LogP contribution in [0.1, 0.15) is 5.56 Å². The first-order valence-electron chi connectivity index (χ1n) is 4.17. The molecule has 2 heteroatoms. The van der Waals surface area contributed by atoms with Crippen LogP contribution in [0.15, 0.2) is 36.5 Å². The van der Waals surface area contributed by atoms with Crippen molar-refractivity contribution >= 4 is 0 Å². The number of benzene rings is 1. The molecule has 1 heterocycles. The standard InChI is InChI=1S/C11H10FN/c1-8-6-7-13-11(8)9-2-4-10(12)5-3-9/h2-7,13H,1H3. The Morgan fingerprint density at radius 2 is 1.77 bits per heavy atom. The van der Waals surface area contributed by atoms with Crippen LogP contribution in [0.5, 0.6) is 0 Å². The molecule has 2 aromatic rings. The molecule has 0 amide bonds. The highest BCUT2D eigenvalue weighted by molar-refractivity contribution is 5.62. The Bertz CT molecular complexity index is 400. The summed E-state index contributed by atoms with van der Waals surface area (Å²) in [6, 6.07) is 8.48. The number of hydrogen-bond acceptors (Lipinski definition) is 0. The minimum Gasteiger partial charge on any atom is -0.361 e. The average Bonchev–Trinajstić information content (AvgIpc) is 2.53. The number of H-pyrrole nitrogens is 1. The molecule has 0 aliphatic rings. The molecule has 13 heavy (non-hydrogen) atoms. The fraction of sp³-hybridized carbons (Fsp3) is 0.0909. The van der Waals surface area contributed by atoms with Gasteiger partial charge in [-0.1, -0.05) is 0 Å².